The van der Waals surface area contributed by atoms with Crippen LogP contribution in [0, 0.1) is 0 Å². The van der Waals surface area contributed by atoms with Crippen molar-refractivity contribution < 1.29 is 10.0 Å². The highest BCUT2D eigenvalue weighted by Crippen LogP contribution is 2.04. The lowest BCUT2D eigenvalue weighted by molar-refractivity contribution is -0.128. The highest BCUT2D eigenvalue weighted by molar-refractivity contribution is 5.73. The van der Waals surface area contributed by atoms with E-state index >= 15 is 0 Å². The number of nitrogens with one attached hydrogen (secondary N) is 1. The molecular weight excluding hydrogens is 168 g/mol. The molecule has 1 aliphatic rings. The summed E-state index contributed by atoms with van der Waals surface area (Å²) in [6.07, 6.45) is 4.60. The number of hydrogen-bond acceptors (Lipinski definition) is 3. The summed E-state index contributed by atoms with van der Waals surface area (Å²) in [5, 5.41) is 7.74. The first-order chi connectivity index (χ1) is 6.20. The molecule has 0 unspecified atom stereocenters. The van der Waals surface area contributed by atoms with E-state index in [2.05, 4.69) is 11.9 Å². The number of rotatable bonds is 1. The molecule has 0 aromatic carbocycles. The molecule has 1 rings (SSSR count). The Morgan fingerprint density at radius 2 is 1.92 bits per heavy atom. The van der Waals surface area contributed by atoms with Gasteiger partial charge in [0.25, 0.3) is 0 Å². The van der Waals surface area contributed by atoms with E-state index in [-0.39, 0.29) is 5.91 Å². The van der Waals surface area contributed by atoms with Crippen molar-refractivity contribution in [1.29, 1.82) is 0 Å². The van der Waals surface area contributed by atoms with Crippen molar-refractivity contribution in [3.05, 3.63) is 0 Å². The summed E-state index contributed by atoms with van der Waals surface area (Å²) in [7, 11) is 2.19. The highest BCUT2D eigenvalue weighted by atomic mass is 16.5. The first kappa shape index (κ1) is 12.4. The second-order valence-electron chi connectivity index (χ2n) is 3.25. The van der Waals surface area contributed by atoms with Crippen LogP contribution in [0.25, 0.3) is 0 Å². The normalized spacial score (nSPS) is 17.2. The minimum Gasteiger partial charge on any atom is -0.306 e. The van der Waals surface area contributed by atoms with Crippen LogP contribution in [0.2, 0.25) is 0 Å². The molecule has 0 spiro atoms. The molecule has 1 aliphatic heterocycles. The topological polar surface area (TPSA) is 52.6 Å². The molecule has 0 aromatic rings. The van der Waals surface area contributed by atoms with Gasteiger partial charge in [-0.05, 0) is 33.0 Å². The molecule has 0 atom stereocenters. The predicted octanol–water partition coefficient (Wildman–Crippen LogP) is 1.00. The van der Waals surface area contributed by atoms with Gasteiger partial charge in [0.1, 0.15) is 0 Å². The lowest BCUT2D eigenvalue weighted by Gasteiger charge is -2.20. The van der Waals surface area contributed by atoms with E-state index in [0.29, 0.717) is 6.42 Å². The summed E-state index contributed by atoms with van der Waals surface area (Å²) in [5.74, 6) is -0.352. The van der Waals surface area contributed by atoms with Crippen LogP contribution in [0.5, 0.6) is 0 Å². The summed E-state index contributed by atoms with van der Waals surface area (Å²) in [4.78, 5) is 12.2. The molecule has 0 saturated carbocycles. The molecule has 13 heavy (non-hydrogen) atoms. The molecule has 1 fully saturated rings. The Morgan fingerprint density at radius 1 is 1.38 bits per heavy atom. The summed E-state index contributed by atoms with van der Waals surface area (Å²) in [6, 6.07) is 0. The number of carbonyl (C=O) groups is 1. The quantitative estimate of drug-likeness (QED) is 0.477. The summed E-state index contributed by atoms with van der Waals surface area (Å²) in [6.45, 7) is 4.30. The number of hydrogen-bond donors (Lipinski definition) is 2. The third-order valence-corrected chi connectivity index (χ3v) is 2.03. The largest absolute Gasteiger partial charge is 0.306 e. The van der Waals surface area contributed by atoms with Gasteiger partial charge in [0.05, 0.1) is 0 Å². The molecule has 78 valence electrons. The first-order valence-corrected chi connectivity index (χ1v) is 4.82. The summed E-state index contributed by atoms with van der Waals surface area (Å²) in [5.41, 5.74) is 1.48. The zero-order chi connectivity index (χ0) is 10.1. The number of carbonyl (C=O) groups excluding carboxylic acids is 1. The second kappa shape index (κ2) is 8.01. The Hall–Kier alpha value is -0.610. The number of piperidine rings is 1. The van der Waals surface area contributed by atoms with Crippen molar-refractivity contribution in [3.8, 4) is 0 Å². The van der Waals surface area contributed by atoms with E-state index in [9.17, 15) is 4.79 Å². The molecule has 0 aliphatic carbocycles. The number of nitrogens with zero attached hydrogens (tertiary/aromatic N) is 1. The van der Waals surface area contributed by atoms with Gasteiger partial charge in [-0.25, -0.2) is 5.48 Å². The predicted molar refractivity (Wildman–Crippen MR) is 51.6 cm³/mol. The molecule has 4 heteroatoms. The maximum Gasteiger partial charge on any atom is 0.243 e. The molecule has 1 saturated heterocycles. The van der Waals surface area contributed by atoms with E-state index < -0.39 is 0 Å². The second-order valence-corrected chi connectivity index (χ2v) is 3.25. The van der Waals surface area contributed by atoms with Crippen molar-refractivity contribution in [1.82, 2.24) is 10.4 Å². The van der Waals surface area contributed by atoms with Gasteiger partial charge >= 0.3 is 0 Å². The minimum atomic E-state index is -0.352. The zero-order valence-electron chi connectivity index (χ0n) is 8.55. The van der Waals surface area contributed by atoms with E-state index in [4.69, 9.17) is 5.21 Å². The highest BCUT2D eigenvalue weighted by Gasteiger charge is 2.02. The Bertz CT molecular complexity index is 128. The average Bonchev–Trinajstić information content (AvgIpc) is 2.19. The van der Waals surface area contributed by atoms with Crippen LogP contribution < -0.4 is 5.48 Å². The molecule has 1 amide bonds. The standard InChI is InChI=1S/C6H13N.C3H7NO2/c1-7-5-3-2-4-6-7;1-2-3(5)4-6/h2-6H2,1H3;6H,2H2,1H3,(H,4,5). The first-order valence-electron chi connectivity index (χ1n) is 4.82. The molecule has 2 N–H and O–H groups in total. The van der Waals surface area contributed by atoms with Crippen LogP contribution in [0.3, 0.4) is 0 Å². The smallest absolute Gasteiger partial charge is 0.243 e. The monoisotopic (exact) mass is 188 g/mol. The van der Waals surface area contributed by atoms with Gasteiger partial charge in [-0.1, -0.05) is 13.3 Å². The van der Waals surface area contributed by atoms with Crippen molar-refractivity contribution >= 4 is 5.91 Å². The van der Waals surface area contributed by atoms with Gasteiger partial charge in [0.15, 0.2) is 0 Å². The van der Waals surface area contributed by atoms with E-state index in [1.165, 1.54) is 37.8 Å². The maximum absolute atomic E-state index is 9.82. The minimum absolute atomic E-state index is 0.330. The van der Waals surface area contributed by atoms with Crippen LogP contribution in [0.1, 0.15) is 32.6 Å². The number of likely N-dealkylation sites (tertiary alicyclic amines) is 1. The van der Waals surface area contributed by atoms with Crippen LogP contribution in [0.15, 0.2) is 0 Å². The molecule has 0 bridgehead atoms. The molecule has 4 nitrogen and oxygen atoms in total. The van der Waals surface area contributed by atoms with Crippen LogP contribution in [0.4, 0.5) is 0 Å². The third-order valence-electron chi connectivity index (χ3n) is 2.03. The Morgan fingerprint density at radius 3 is 2.08 bits per heavy atom. The van der Waals surface area contributed by atoms with Crippen LogP contribution in [-0.4, -0.2) is 36.2 Å². The van der Waals surface area contributed by atoms with Crippen molar-refractivity contribution in [2.45, 2.75) is 32.6 Å². The Labute approximate surface area is 79.9 Å². The maximum atomic E-state index is 9.82. The van der Waals surface area contributed by atoms with Gasteiger partial charge < -0.3 is 4.90 Å². The Kier molecular flexibility index (Phi) is 7.63. The lowest BCUT2D eigenvalue weighted by Crippen LogP contribution is -2.24. The third kappa shape index (κ3) is 7.74. The van der Waals surface area contributed by atoms with Gasteiger partial charge in [0, 0.05) is 6.42 Å². The van der Waals surface area contributed by atoms with Crippen molar-refractivity contribution in [2.24, 2.45) is 0 Å². The molecule has 0 aromatic heterocycles. The van der Waals surface area contributed by atoms with Crippen molar-refractivity contribution in [3.63, 3.8) is 0 Å². The van der Waals surface area contributed by atoms with E-state index in [1.54, 1.807) is 6.92 Å². The average molecular weight is 188 g/mol. The Balaban J connectivity index is 0.000000226. The van der Waals surface area contributed by atoms with Crippen LogP contribution in [-0.2, 0) is 4.79 Å². The fourth-order valence-corrected chi connectivity index (χ4v) is 1.13. The summed E-state index contributed by atoms with van der Waals surface area (Å²) < 4.78 is 0. The number of hydroxylamine groups is 1. The fourth-order valence-electron chi connectivity index (χ4n) is 1.13. The molecule has 1 heterocycles. The number of amides is 1. The van der Waals surface area contributed by atoms with Gasteiger partial charge in [-0.3, -0.25) is 10.0 Å². The van der Waals surface area contributed by atoms with Gasteiger partial charge in [-0.2, -0.15) is 0 Å². The van der Waals surface area contributed by atoms with E-state index in [1.807, 2.05) is 0 Å². The van der Waals surface area contributed by atoms with E-state index in [0.717, 1.165) is 0 Å². The fraction of sp³-hybridized carbons (Fsp3) is 0.889. The summed E-state index contributed by atoms with van der Waals surface area (Å²) >= 11 is 0. The molecule has 0 radical (unpaired) electrons. The van der Waals surface area contributed by atoms with Gasteiger partial charge in [-0.15, -0.1) is 0 Å². The zero-order valence-corrected chi connectivity index (χ0v) is 8.55. The van der Waals surface area contributed by atoms with Crippen LogP contribution >= 0.6 is 0 Å². The lowest BCUT2D eigenvalue weighted by atomic mass is 10.1. The van der Waals surface area contributed by atoms with Crippen molar-refractivity contribution in [2.75, 3.05) is 20.1 Å². The SMILES string of the molecule is CCC(=O)NO.CN1CCCCC1. The molecular formula is C9H20N2O2. The van der Waals surface area contributed by atoms with Gasteiger partial charge in [0.2, 0.25) is 5.91 Å².